The van der Waals surface area contributed by atoms with Gasteiger partial charge in [-0.1, -0.05) is 12.1 Å². The maximum absolute atomic E-state index is 14.0. The molecule has 3 aromatic rings. The molecule has 0 radical (unpaired) electrons. The minimum Gasteiger partial charge on any atom is -0.443 e. The van der Waals surface area contributed by atoms with Gasteiger partial charge in [0.05, 0.1) is 14.6 Å². The lowest BCUT2D eigenvalue weighted by Gasteiger charge is -2.20. The predicted molar refractivity (Wildman–Crippen MR) is 101 cm³/mol. The molecule has 0 aliphatic heterocycles. The lowest BCUT2D eigenvalue weighted by Crippen LogP contribution is -2.27. The van der Waals surface area contributed by atoms with Crippen molar-refractivity contribution in [1.29, 1.82) is 0 Å². The number of rotatable bonds is 0. The summed E-state index contributed by atoms with van der Waals surface area (Å²) in [6.45, 7) is 5.45. The zero-order valence-corrected chi connectivity index (χ0v) is 16.5. The average Bonchev–Trinajstić information content (AvgIpc) is 2.73. The first-order valence-corrected chi connectivity index (χ1v) is 8.87. The Hall–Kier alpha value is -1.15. The van der Waals surface area contributed by atoms with Gasteiger partial charge in [-0.15, -0.1) is 0 Å². The van der Waals surface area contributed by atoms with E-state index in [1.165, 1.54) is 10.6 Å². The van der Waals surface area contributed by atoms with E-state index in [1.807, 2.05) is 61.6 Å². The molecule has 120 valence electrons. The smallest absolute Gasteiger partial charge is 0.419 e. The third-order valence-corrected chi connectivity index (χ3v) is 4.82. The molecule has 2 aromatic carbocycles. The second-order valence-corrected chi connectivity index (χ2v) is 8.25. The highest BCUT2D eigenvalue weighted by Crippen LogP contribution is 2.35. The second-order valence-electron chi connectivity index (χ2n) is 6.24. The number of fused-ring (bicyclic) bond motifs is 3. The van der Waals surface area contributed by atoms with E-state index in [0.29, 0.717) is 20.0 Å². The SMILES string of the molecule is CC(C)(C)OC(=O)n1c2cc(I)c(F)cc2c2cccc(Br)c21. The molecule has 0 fully saturated rings. The Morgan fingerprint density at radius 2 is 1.96 bits per heavy atom. The van der Waals surface area contributed by atoms with Gasteiger partial charge < -0.3 is 4.74 Å². The Kier molecular flexibility index (Phi) is 4.16. The van der Waals surface area contributed by atoms with Crippen molar-refractivity contribution in [1.82, 2.24) is 4.57 Å². The number of hydrogen-bond acceptors (Lipinski definition) is 2. The molecule has 0 aliphatic rings. The molecule has 23 heavy (non-hydrogen) atoms. The Balaban J connectivity index is 2.41. The van der Waals surface area contributed by atoms with Gasteiger partial charge in [-0.2, -0.15) is 0 Å². The molecule has 3 nitrogen and oxygen atoms in total. The minimum absolute atomic E-state index is 0.304. The summed E-state index contributed by atoms with van der Waals surface area (Å²) in [6, 6.07) is 8.72. The first-order chi connectivity index (χ1) is 10.7. The van der Waals surface area contributed by atoms with Gasteiger partial charge in [0.15, 0.2) is 0 Å². The highest BCUT2D eigenvalue weighted by atomic mass is 127. The van der Waals surface area contributed by atoms with Crippen LogP contribution in [-0.2, 0) is 4.74 Å². The highest BCUT2D eigenvalue weighted by Gasteiger charge is 2.24. The molecule has 0 spiro atoms. The van der Waals surface area contributed by atoms with Gasteiger partial charge in [-0.05, 0) is 77.5 Å². The van der Waals surface area contributed by atoms with E-state index in [0.717, 1.165) is 9.86 Å². The molecule has 0 amide bonds. The summed E-state index contributed by atoms with van der Waals surface area (Å²) in [6.07, 6.45) is -0.480. The Morgan fingerprint density at radius 3 is 2.61 bits per heavy atom. The van der Waals surface area contributed by atoms with Gasteiger partial charge in [0.2, 0.25) is 0 Å². The van der Waals surface area contributed by atoms with Crippen molar-refractivity contribution in [2.45, 2.75) is 26.4 Å². The third kappa shape index (κ3) is 2.98. The fraction of sp³-hybridized carbons (Fsp3) is 0.235. The Labute approximate surface area is 155 Å². The van der Waals surface area contributed by atoms with Crippen LogP contribution >= 0.6 is 38.5 Å². The second kappa shape index (κ2) is 5.73. The lowest BCUT2D eigenvalue weighted by atomic mass is 10.1. The molecule has 0 bridgehead atoms. The van der Waals surface area contributed by atoms with Gasteiger partial charge >= 0.3 is 6.09 Å². The van der Waals surface area contributed by atoms with Gasteiger partial charge in [0, 0.05) is 15.2 Å². The van der Waals surface area contributed by atoms with Gasteiger partial charge in [-0.25, -0.2) is 13.8 Å². The van der Waals surface area contributed by atoms with Crippen LogP contribution in [-0.4, -0.2) is 16.3 Å². The maximum Gasteiger partial charge on any atom is 0.419 e. The molecule has 0 saturated carbocycles. The van der Waals surface area contributed by atoms with Gasteiger partial charge in [-0.3, -0.25) is 0 Å². The number of hydrogen-bond donors (Lipinski definition) is 0. The summed E-state index contributed by atoms with van der Waals surface area (Å²) in [7, 11) is 0. The molecular weight excluding hydrogens is 476 g/mol. The van der Waals surface area contributed by atoms with Crippen LogP contribution in [0, 0.1) is 9.39 Å². The Bertz CT molecular complexity index is 943. The summed E-state index contributed by atoms with van der Waals surface area (Å²) in [5.41, 5.74) is 0.694. The number of benzene rings is 2. The van der Waals surface area contributed by atoms with E-state index >= 15 is 0 Å². The minimum atomic E-state index is -0.617. The van der Waals surface area contributed by atoms with Gasteiger partial charge in [0.25, 0.3) is 0 Å². The van der Waals surface area contributed by atoms with Crippen LogP contribution in [0.5, 0.6) is 0 Å². The van der Waals surface area contributed by atoms with Crippen LogP contribution in [0.15, 0.2) is 34.8 Å². The van der Waals surface area contributed by atoms with Gasteiger partial charge in [0.1, 0.15) is 11.4 Å². The monoisotopic (exact) mass is 489 g/mol. The molecule has 1 aromatic heterocycles. The molecule has 0 atom stereocenters. The van der Waals surface area contributed by atoms with E-state index in [4.69, 9.17) is 4.74 Å². The van der Waals surface area contributed by atoms with E-state index < -0.39 is 11.7 Å². The first kappa shape index (κ1) is 16.7. The average molecular weight is 490 g/mol. The zero-order chi connectivity index (χ0) is 16.9. The number of nitrogens with zero attached hydrogens (tertiary/aromatic N) is 1. The number of carbonyl (C=O) groups excluding carboxylic acids is 1. The van der Waals surface area contributed by atoms with Crippen LogP contribution in [0.25, 0.3) is 21.8 Å². The van der Waals surface area contributed by atoms with E-state index in [-0.39, 0.29) is 5.82 Å². The van der Waals surface area contributed by atoms with Crippen molar-refractivity contribution in [3.05, 3.63) is 44.2 Å². The van der Waals surface area contributed by atoms with Crippen molar-refractivity contribution in [3.63, 3.8) is 0 Å². The number of halogens is 3. The zero-order valence-electron chi connectivity index (χ0n) is 12.8. The van der Waals surface area contributed by atoms with Crippen LogP contribution in [0.3, 0.4) is 0 Å². The molecule has 0 unspecified atom stereocenters. The van der Waals surface area contributed by atoms with Crippen LogP contribution in [0.2, 0.25) is 0 Å². The summed E-state index contributed by atoms with van der Waals surface area (Å²) >= 11 is 5.41. The topological polar surface area (TPSA) is 31.2 Å². The van der Waals surface area contributed by atoms with Crippen LogP contribution in [0.1, 0.15) is 20.8 Å². The standard InChI is InChI=1S/C17H14BrFINO2/c1-17(2,3)23-16(22)21-14-8-13(20)12(19)7-10(14)9-5-4-6-11(18)15(9)21/h4-8H,1-3H3. The summed E-state index contributed by atoms with van der Waals surface area (Å²) in [5, 5.41) is 1.49. The van der Waals surface area contributed by atoms with Crippen molar-refractivity contribution in [2.75, 3.05) is 0 Å². The Morgan fingerprint density at radius 1 is 1.26 bits per heavy atom. The highest BCUT2D eigenvalue weighted by molar-refractivity contribution is 14.1. The first-order valence-electron chi connectivity index (χ1n) is 7.00. The number of carbonyl (C=O) groups is 1. The van der Waals surface area contributed by atoms with Crippen LogP contribution in [0.4, 0.5) is 9.18 Å². The number of ether oxygens (including phenoxy) is 1. The van der Waals surface area contributed by atoms with E-state index in [9.17, 15) is 9.18 Å². The summed E-state index contributed by atoms with van der Waals surface area (Å²) in [4.78, 5) is 12.7. The third-order valence-electron chi connectivity index (χ3n) is 3.36. The van der Waals surface area contributed by atoms with Crippen molar-refractivity contribution in [2.24, 2.45) is 0 Å². The largest absolute Gasteiger partial charge is 0.443 e. The fourth-order valence-electron chi connectivity index (χ4n) is 2.51. The maximum atomic E-state index is 14.0. The quantitative estimate of drug-likeness (QED) is 0.358. The summed E-state index contributed by atoms with van der Waals surface area (Å²) < 4.78 is 22.3. The molecular formula is C17H14BrFINO2. The molecule has 1 heterocycles. The molecule has 3 rings (SSSR count). The molecule has 0 N–H and O–H groups in total. The van der Waals surface area contributed by atoms with Crippen LogP contribution < -0.4 is 0 Å². The van der Waals surface area contributed by atoms with Crippen molar-refractivity contribution in [3.8, 4) is 0 Å². The van der Waals surface area contributed by atoms with Crippen molar-refractivity contribution >= 4 is 66.4 Å². The summed E-state index contributed by atoms with van der Waals surface area (Å²) in [5.74, 6) is -0.304. The normalized spacial score (nSPS) is 12.1. The molecule has 0 aliphatic carbocycles. The van der Waals surface area contributed by atoms with E-state index in [1.54, 1.807) is 6.07 Å². The molecule has 6 heteroatoms. The van der Waals surface area contributed by atoms with E-state index in [2.05, 4.69) is 15.9 Å². The fourth-order valence-corrected chi connectivity index (χ4v) is 3.51. The predicted octanol–water partition coefficient (Wildman–Crippen LogP) is 6.08. The van der Waals surface area contributed by atoms with Crippen molar-refractivity contribution < 1.29 is 13.9 Å². The number of aromatic nitrogens is 1. The lowest BCUT2D eigenvalue weighted by molar-refractivity contribution is 0.0551. The molecule has 0 saturated heterocycles. The number of para-hydroxylation sites is 1.